The monoisotopic (exact) mass is 359 g/mol. The van der Waals surface area contributed by atoms with E-state index in [-0.39, 0.29) is 11.6 Å². The average molecular weight is 360 g/mol. The Morgan fingerprint density at radius 1 is 1.20 bits per heavy atom. The second-order valence-electron chi connectivity index (χ2n) is 5.54. The highest BCUT2D eigenvalue weighted by Crippen LogP contribution is 2.28. The summed E-state index contributed by atoms with van der Waals surface area (Å²) in [4.78, 5) is 14.3. The third-order valence-corrected chi connectivity index (χ3v) is 4.27. The molecular formula is C18H18ClN3O3. The summed E-state index contributed by atoms with van der Waals surface area (Å²) in [5.41, 5.74) is 1.84. The number of halogens is 1. The topological polar surface area (TPSA) is 56.1 Å². The first-order valence-electron chi connectivity index (χ1n) is 7.64. The molecule has 0 bridgehead atoms. The zero-order valence-electron chi connectivity index (χ0n) is 14.2. The molecule has 0 aliphatic carbocycles. The lowest BCUT2D eigenvalue weighted by Crippen LogP contribution is -2.26. The lowest BCUT2D eigenvalue weighted by molar-refractivity contribution is 0.0779. The van der Waals surface area contributed by atoms with Crippen molar-refractivity contribution in [1.29, 1.82) is 0 Å². The first-order chi connectivity index (χ1) is 12.0. The maximum atomic E-state index is 12.7. The molecule has 3 aromatic rings. The van der Waals surface area contributed by atoms with Crippen LogP contribution in [-0.4, -0.2) is 41.7 Å². The second kappa shape index (κ2) is 7.03. The number of benzene rings is 1. The van der Waals surface area contributed by atoms with Crippen LogP contribution in [0.25, 0.3) is 5.52 Å². The van der Waals surface area contributed by atoms with E-state index in [1.807, 2.05) is 36.4 Å². The number of methoxy groups -OCH3 is 2. The molecule has 0 saturated carbocycles. The average Bonchev–Trinajstić information content (AvgIpc) is 2.98. The van der Waals surface area contributed by atoms with Crippen molar-refractivity contribution < 1.29 is 14.3 Å². The number of hydrogen-bond donors (Lipinski definition) is 0. The van der Waals surface area contributed by atoms with Gasteiger partial charge in [-0.15, -0.1) is 0 Å². The number of amides is 1. The molecule has 1 aromatic carbocycles. The molecule has 0 atom stereocenters. The van der Waals surface area contributed by atoms with Crippen molar-refractivity contribution in [3.05, 3.63) is 58.9 Å². The summed E-state index contributed by atoms with van der Waals surface area (Å²) in [5.74, 6) is 1.01. The van der Waals surface area contributed by atoms with Gasteiger partial charge in [0.1, 0.15) is 0 Å². The molecule has 1 amide bonds. The normalized spacial score (nSPS) is 10.7. The van der Waals surface area contributed by atoms with Crippen molar-refractivity contribution in [2.45, 2.75) is 6.54 Å². The molecule has 2 heterocycles. The fourth-order valence-electron chi connectivity index (χ4n) is 2.61. The SMILES string of the molecule is COc1ccc(CN(C)C(=O)c2nn3ccccc3c2Cl)cc1OC. The van der Waals surface area contributed by atoms with Gasteiger partial charge in [0.15, 0.2) is 17.2 Å². The smallest absolute Gasteiger partial charge is 0.275 e. The van der Waals surface area contributed by atoms with Crippen LogP contribution in [0.1, 0.15) is 16.1 Å². The number of aromatic nitrogens is 2. The van der Waals surface area contributed by atoms with E-state index in [1.165, 1.54) is 0 Å². The Balaban J connectivity index is 1.84. The largest absolute Gasteiger partial charge is 0.493 e. The predicted molar refractivity (Wildman–Crippen MR) is 95.5 cm³/mol. The second-order valence-corrected chi connectivity index (χ2v) is 5.92. The summed E-state index contributed by atoms with van der Waals surface area (Å²) in [6, 6.07) is 11.0. The number of pyridine rings is 1. The zero-order valence-corrected chi connectivity index (χ0v) is 14.9. The summed E-state index contributed by atoms with van der Waals surface area (Å²) in [6.07, 6.45) is 1.76. The van der Waals surface area contributed by atoms with Crippen molar-refractivity contribution in [1.82, 2.24) is 14.5 Å². The number of rotatable bonds is 5. The molecule has 6 nitrogen and oxygen atoms in total. The molecular weight excluding hydrogens is 342 g/mol. The van der Waals surface area contributed by atoms with Gasteiger partial charge in [0.25, 0.3) is 5.91 Å². The van der Waals surface area contributed by atoms with Crippen LogP contribution >= 0.6 is 11.6 Å². The standard InChI is InChI=1S/C18H18ClN3O3/c1-21(11-12-7-8-14(24-2)15(10-12)25-3)18(23)17-16(19)13-6-4-5-9-22(13)20-17/h4-10H,11H2,1-3H3. The summed E-state index contributed by atoms with van der Waals surface area (Å²) >= 11 is 6.32. The lowest BCUT2D eigenvalue weighted by Gasteiger charge is -2.17. The Morgan fingerprint density at radius 2 is 1.96 bits per heavy atom. The molecule has 0 fully saturated rings. The summed E-state index contributed by atoms with van der Waals surface area (Å²) in [7, 11) is 4.87. The molecule has 0 aliphatic rings. The van der Waals surface area contributed by atoms with E-state index in [4.69, 9.17) is 21.1 Å². The van der Waals surface area contributed by atoms with Gasteiger partial charge in [0.2, 0.25) is 0 Å². The number of ether oxygens (including phenoxy) is 2. The molecule has 130 valence electrons. The van der Waals surface area contributed by atoms with Crippen molar-refractivity contribution in [2.24, 2.45) is 0 Å². The Hall–Kier alpha value is -2.73. The minimum atomic E-state index is -0.247. The van der Waals surface area contributed by atoms with Gasteiger partial charge < -0.3 is 14.4 Å². The maximum absolute atomic E-state index is 12.7. The summed E-state index contributed by atoms with van der Waals surface area (Å²) in [6.45, 7) is 0.392. The summed E-state index contributed by atoms with van der Waals surface area (Å²) < 4.78 is 12.1. The fraction of sp³-hybridized carbons (Fsp3) is 0.222. The van der Waals surface area contributed by atoms with Crippen LogP contribution in [0.15, 0.2) is 42.6 Å². The van der Waals surface area contributed by atoms with Gasteiger partial charge in [-0.05, 0) is 29.8 Å². The van der Waals surface area contributed by atoms with Crippen LogP contribution in [0.3, 0.4) is 0 Å². The number of hydrogen-bond acceptors (Lipinski definition) is 4. The highest BCUT2D eigenvalue weighted by molar-refractivity contribution is 6.36. The Labute approximate surface area is 150 Å². The van der Waals surface area contributed by atoms with E-state index in [9.17, 15) is 4.79 Å². The number of carbonyl (C=O) groups is 1. The highest BCUT2D eigenvalue weighted by atomic mass is 35.5. The minimum absolute atomic E-state index is 0.232. The van der Waals surface area contributed by atoms with Crippen LogP contribution in [-0.2, 0) is 6.54 Å². The Morgan fingerprint density at radius 3 is 2.64 bits per heavy atom. The molecule has 0 N–H and O–H groups in total. The fourth-order valence-corrected chi connectivity index (χ4v) is 2.88. The number of nitrogens with zero attached hydrogens (tertiary/aromatic N) is 3. The molecule has 3 rings (SSSR count). The van der Waals surface area contributed by atoms with Gasteiger partial charge >= 0.3 is 0 Å². The predicted octanol–water partition coefficient (Wildman–Crippen LogP) is 3.28. The van der Waals surface area contributed by atoms with Crippen LogP contribution in [0, 0.1) is 0 Å². The minimum Gasteiger partial charge on any atom is -0.493 e. The molecule has 25 heavy (non-hydrogen) atoms. The van der Waals surface area contributed by atoms with E-state index in [2.05, 4.69) is 5.10 Å². The van der Waals surface area contributed by atoms with Gasteiger partial charge in [0.05, 0.1) is 24.8 Å². The van der Waals surface area contributed by atoms with Gasteiger partial charge in [0, 0.05) is 19.8 Å². The van der Waals surface area contributed by atoms with E-state index >= 15 is 0 Å². The van der Waals surface area contributed by atoms with E-state index < -0.39 is 0 Å². The van der Waals surface area contributed by atoms with Gasteiger partial charge in [-0.25, -0.2) is 4.52 Å². The van der Waals surface area contributed by atoms with Crippen LogP contribution in [0.2, 0.25) is 5.02 Å². The Kier molecular flexibility index (Phi) is 4.81. The summed E-state index contributed by atoms with van der Waals surface area (Å²) in [5, 5.41) is 4.64. The molecule has 7 heteroatoms. The van der Waals surface area contributed by atoms with Crippen LogP contribution < -0.4 is 9.47 Å². The quantitative estimate of drug-likeness (QED) is 0.701. The van der Waals surface area contributed by atoms with Gasteiger partial charge in [-0.2, -0.15) is 5.10 Å². The third-order valence-electron chi connectivity index (χ3n) is 3.90. The van der Waals surface area contributed by atoms with E-state index in [0.717, 1.165) is 5.56 Å². The van der Waals surface area contributed by atoms with Crippen LogP contribution in [0.4, 0.5) is 0 Å². The molecule has 0 spiro atoms. The zero-order chi connectivity index (χ0) is 18.0. The van der Waals surface area contributed by atoms with Crippen molar-refractivity contribution in [3.63, 3.8) is 0 Å². The first-order valence-corrected chi connectivity index (χ1v) is 8.02. The van der Waals surface area contributed by atoms with Gasteiger partial charge in [-0.3, -0.25) is 4.79 Å². The van der Waals surface area contributed by atoms with Crippen molar-refractivity contribution in [3.8, 4) is 11.5 Å². The maximum Gasteiger partial charge on any atom is 0.275 e. The highest BCUT2D eigenvalue weighted by Gasteiger charge is 2.21. The molecule has 2 aromatic heterocycles. The third kappa shape index (κ3) is 3.25. The van der Waals surface area contributed by atoms with Crippen molar-refractivity contribution >= 4 is 23.0 Å². The number of fused-ring (bicyclic) bond motifs is 1. The van der Waals surface area contributed by atoms with E-state index in [1.54, 1.807) is 36.9 Å². The first kappa shape index (κ1) is 17.1. The van der Waals surface area contributed by atoms with Gasteiger partial charge in [-0.1, -0.05) is 23.7 Å². The number of carbonyl (C=O) groups excluding carboxylic acids is 1. The molecule has 0 unspecified atom stereocenters. The lowest BCUT2D eigenvalue weighted by atomic mass is 10.2. The molecule has 0 aliphatic heterocycles. The molecule has 0 radical (unpaired) electrons. The van der Waals surface area contributed by atoms with Crippen molar-refractivity contribution in [2.75, 3.05) is 21.3 Å². The molecule has 0 saturated heterocycles. The van der Waals surface area contributed by atoms with Crippen LogP contribution in [0.5, 0.6) is 11.5 Å². The van der Waals surface area contributed by atoms with E-state index in [0.29, 0.717) is 28.6 Å². The Bertz CT molecular complexity index is 923.